The van der Waals surface area contributed by atoms with Crippen LogP contribution in [-0.2, 0) is 0 Å². The number of nitrogens with one attached hydrogen (secondary N) is 1. The Hall–Kier alpha value is -0.380. The van der Waals surface area contributed by atoms with Crippen LogP contribution in [-0.4, -0.2) is 30.1 Å². The molecule has 100 valence electrons. The number of aryl methyl sites for hydroxylation is 1. The molecule has 18 heavy (non-hydrogen) atoms. The van der Waals surface area contributed by atoms with Crippen LogP contribution < -0.4 is 5.32 Å². The third-order valence-electron chi connectivity index (χ3n) is 4.60. The second-order valence-electron chi connectivity index (χ2n) is 5.91. The molecule has 2 nitrogen and oxygen atoms in total. The van der Waals surface area contributed by atoms with Crippen LogP contribution >= 0.6 is 11.3 Å². The fourth-order valence-electron chi connectivity index (χ4n) is 3.63. The Morgan fingerprint density at radius 3 is 3.06 bits per heavy atom. The van der Waals surface area contributed by atoms with Gasteiger partial charge in [-0.05, 0) is 69.6 Å². The summed E-state index contributed by atoms with van der Waals surface area (Å²) in [6.45, 7) is 7.19. The lowest BCUT2D eigenvalue weighted by atomic mass is 9.96. The van der Waals surface area contributed by atoms with Gasteiger partial charge in [0.15, 0.2) is 0 Å². The molecule has 2 aliphatic heterocycles. The molecule has 3 heteroatoms. The summed E-state index contributed by atoms with van der Waals surface area (Å²) in [5, 5.41) is 6.07. The summed E-state index contributed by atoms with van der Waals surface area (Å²) in [6, 6.07) is 4.34. The van der Waals surface area contributed by atoms with Gasteiger partial charge in [0.2, 0.25) is 0 Å². The average molecular weight is 264 g/mol. The van der Waals surface area contributed by atoms with Crippen LogP contribution in [0.15, 0.2) is 11.4 Å². The van der Waals surface area contributed by atoms with Crippen LogP contribution in [0.3, 0.4) is 0 Å². The number of rotatable bonds is 3. The maximum absolute atomic E-state index is 3.86. The minimum Gasteiger partial charge on any atom is -0.307 e. The number of hydrogen-bond acceptors (Lipinski definition) is 3. The lowest BCUT2D eigenvalue weighted by Crippen LogP contribution is -2.46. The molecule has 1 aromatic heterocycles. The van der Waals surface area contributed by atoms with Gasteiger partial charge in [-0.1, -0.05) is 0 Å². The SMILES string of the molecule is Cc1ccsc1C(C)NC1CCN2CCCC2C1. The predicted molar refractivity (Wildman–Crippen MR) is 78.2 cm³/mol. The monoisotopic (exact) mass is 264 g/mol. The van der Waals surface area contributed by atoms with Crippen molar-refractivity contribution in [1.82, 2.24) is 10.2 Å². The lowest BCUT2D eigenvalue weighted by Gasteiger charge is -2.36. The van der Waals surface area contributed by atoms with Gasteiger partial charge in [0.05, 0.1) is 0 Å². The first-order valence-corrected chi connectivity index (χ1v) is 8.16. The van der Waals surface area contributed by atoms with Crippen LogP contribution in [0.5, 0.6) is 0 Å². The summed E-state index contributed by atoms with van der Waals surface area (Å²) in [7, 11) is 0. The first-order chi connectivity index (χ1) is 8.74. The van der Waals surface area contributed by atoms with E-state index >= 15 is 0 Å². The highest BCUT2D eigenvalue weighted by Gasteiger charge is 2.32. The molecule has 1 N–H and O–H groups in total. The van der Waals surface area contributed by atoms with Crippen LogP contribution in [0.1, 0.15) is 49.1 Å². The van der Waals surface area contributed by atoms with Gasteiger partial charge in [-0.3, -0.25) is 0 Å². The molecule has 0 bridgehead atoms. The molecule has 3 atom stereocenters. The average Bonchev–Trinajstić information content (AvgIpc) is 2.96. The van der Waals surface area contributed by atoms with E-state index in [2.05, 4.69) is 35.5 Å². The summed E-state index contributed by atoms with van der Waals surface area (Å²) in [4.78, 5) is 4.21. The lowest BCUT2D eigenvalue weighted by molar-refractivity contribution is 0.162. The number of hydrogen-bond donors (Lipinski definition) is 1. The molecule has 0 radical (unpaired) electrons. The Balaban J connectivity index is 1.58. The molecule has 0 spiro atoms. The van der Waals surface area contributed by atoms with Crippen molar-refractivity contribution in [3.8, 4) is 0 Å². The molecule has 2 saturated heterocycles. The number of fused-ring (bicyclic) bond motifs is 1. The second kappa shape index (κ2) is 5.32. The van der Waals surface area contributed by atoms with E-state index in [1.54, 1.807) is 0 Å². The van der Waals surface area contributed by atoms with E-state index in [1.165, 1.54) is 49.2 Å². The largest absolute Gasteiger partial charge is 0.307 e. The van der Waals surface area contributed by atoms with Gasteiger partial charge in [0.1, 0.15) is 0 Å². The zero-order valence-corrected chi connectivity index (χ0v) is 12.3. The van der Waals surface area contributed by atoms with Gasteiger partial charge in [-0.2, -0.15) is 0 Å². The molecule has 0 amide bonds. The zero-order valence-electron chi connectivity index (χ0n) is 11.5. The smallest absolute Gasteiger partial charge is 0.0390 e. The molecule has 0 aromatic carbocycles. The van der Waals surface area contributed by atoms with E-state index in [1.807, 2.05) is 11.3 Å². The Kier molecular flexibility index (Phi) is 3.73. The van der Waals surface area contributed by atoms with E-state index in [9.17, 15) is 0 Å². The van der Waals surface area contributed by atoms with E-state index < -0.39 is 0 Å². The quantitative estimate of drug-likeness (QED) is 0.901. The molecule has 1 aromatic rings. The molecule has 0 aliphatic carbocycles. The van der Waals surface area contributed by atoms with Gasteiger partial charge >= 0.3 is 0 Å². The number of thiophene rings is 1. The molecular weight excluding hydrogens is 240 g/mol. The highest BCUT2D eigenvalue weighted by molar-refractivity contribution is 7.10. The fourth-order valence-corrected chi connectivity index (χ4v) is 4.58. The number of nitrogens with zero attached hydrogens (tertiary/aromatic N) is 1. The number of piperidine rings is 1. The standard InChI is InChI=1S/C15H24N2S/c1-11-6-9-18-15(11)12(2)16-13-5-8-17-7-3-4-14(17)10-13/h6,9,12-14,16H,3-5,7-8,10H2,1-2H3. The summed E-state index contributed by atoms with van der Waals surface area (Å²) in [5.41, 5.74) is 1.44. The molecule has 2 aliphatic rings. The maximum atomic E-state index is 3.86. The Morgan fingerprint density at radius 1 is 1.39 bits per heavy atom. The van der Waals surface area contributed by atoms with Crippen molar-refractivity contribution in [2.45, 2.75) is 57.7 Å². The first kappa shape index (κ1) is 12.6. The topological polar surface area (TPSA) is 15.3 Å². The van der Waals surface area contributed by atoms with Crippen molar-refractivity contribution in [2.24, 2.45) is 0 Å². The van der Waals surface area contributed by atoms with Crippen molar-refractivity contribution in [1.29, 1.82) is 0 Å². The van der Waals surface area contributed by atoms with E-state index in [4.69, 9.17) is 0 Å². The van der Waals surface area contributed by atoms with E-state index in [0.717, 1.165) is 12.1 Å². The van der Waals surface area contributed by atoms with Crippen LogP contribution in [0.2, 0.25) is 0 Å². The normalized spacial score (nSPS) is 30.3. The fraction of sp³-hybridized carbons (Fsp3) is 0.733. The Morgan fingerprint density at radius 2 is 2.28 bits per heavy atom. The summed E-state index contributed by atoms with van der Waals surface area (Å²) in [6.07, 6.45) is 5.52. The summed E-state index contributed by atoms with van der Waals surface area (Å²) >= 11 is 1.89. The summed E-state index contributed by atoms with van der Waals surface area (Å²) in [5.74, 6) is 0. The Bertz CT molecular complexity index is 401. The van der Waals surface area contributed by atoms with Crippen LogP contribution in [0.25, 0.3) is 0 Å². The van der Waals surface area contributed by atoms with Crippen molar-refractivity contribution < 1.29 is 0 Å². The second-order valence-corrected chi connectivity index (χ2v) is 6.86. The third kappa shape index (κ3) is 2.49. The highest BCUT2D eigenvalue weighted by Crippen LogP contribution is 2.29. The molecule has 3 heterocycles. The van der Waals surface area contributed by atoms with Gasteiger partial charge in [-0.25, -0.2) is 0 Å². The molecule has 3 rings (SSSR count). The maximum Gasteiger partial charge on any atom is 0.0390 e. The molecule has 3 unspecified atom stereocenters. The van der Waals surface area contributed by atoms with Crippen molar-refractivity contribution in [3.63, 3.8) is 0 Å². The van der Waals surface area contributed by atoms with Crippen molar-refractivity contribution in [2.75, 3.05) is 13.1 Å². The van der Waals surface area contributed by atoms with Gasteiger partial charge in [-0.15, -0.1) is 11.3 Å². The van der Waals surface area contributed by atoms with Crippen LogP contribution in [0, 0.1) is 6.92 Å². The van der Waals surface area contributed by atoms with E-state index in [-0.39, 0.29) is 0 Å². The first-order valence-electron chi connectivity index (χ1n) is 7.28. The van der Waals surface area contributed by atoms with Gasteiger partial charge < -0.3 is 10.2 Å². The van der Waals surface area contributed by atoms with E-state index in [0.29, 0.717) is 6.04 Å². The summed E-state index contributed by atoms with van der Waals surface area (Å²) < 4.78 is 0. The van der Waals surface area contributed by atoms with Gasteiger partial charge in [0, 0.05) is 23.0 Å². The highest BCUT2D eigenvalue weighted by atomic mass is 32.1. The molecular formula is C15H24N2S. The predicted octanol–water partition coefficient (Wildman–Crippen LogP) is 3.33. The minimum absolute atomic E-state index is 0.517. The van der Waals surface area contributed by atoms with Crippen LogP contribution in [0.4, 0.5) is 0 Å². The molecule has 2 fully saturated rings. The zero-order chi connectivity index (χ0) is 12.5. The van der Waals surface area contributed by atoms with Crippen molar-refractivity contribution in [3.05, 3.63) is 21.9 Å². The molecule has 0 saturated carbocycles. The van der Waals surface area contributed by atoms with Crippen molar-refractivity contribution >= 4 is 11.3 Å². The van der Waals surface area contributed by atoms with Gasteiger partial charge in [0.25, 0.3) is 0 Å². The minimum atomic E-state index is 0.517. The Labute approximate surface area is 114 Å². The third-order valence-corrected chi connectivity index (χ3v) is 5.80.